The molecule has 380 valence electrons. The van der Waals surface area contributed by atoms with Crippen LogP contribution in [0.3, 0.4) is 0 Å². The standard InChI is InChI=1S/C55H95NO10/c1-3-5-7-9-11-13-15-16-17-20-23-27-31-35-39-43-51(60)64-44-40-36-32-28-24-21-18-19-22-26-30-34-38-42-50(59)56-47(46-65-55-54(63)53(62)52(61)49(45-57)66-55)48(58)41-37-33-29-25-14-12-10-8-6-4-2/h6,8,14,16-17,19,22,25,30,34,37,41,47-49,52-55,57-58,61-63H,3-5,7,9-13,15,18,20-21,23-24,26-29,31-33,35-36,38-40,42-46H2,1-2H3,(H,56,59)/b8-6+,17-16-,22-19-,25-14+,34-30-,41-37+. The van der Waals surface area contributed by atoms with E-state index >= 15 is 0 Å². The molecular weight excluding hydrogens is 835 g/mol. The number of ether oxygens (including phenoxy) is 3. The average molecular weight is 930 g/mol. The molecule has 11 heteroatoms. The van der Waals surface area contributed by atoms with Crippen LogP contribution in [0.4, 0.5) is 0 Å². The van der Waals surface area contributed by atoms with Gasteiger partial charge in [-0.15, -0.1) is 0 Å². The summed E-state index contributed by atoms with van der Waals surface area (Å²) in [5.41, 5.74) is 0. The van der Waals surface area contributed by atoms with Crippen molar-refractivity contribution in [3.63, 3.8) is 0 Å². The first-order valence-electron chi connectivity index (χ1n) is 26.2. The van der Waals surface area contributed by atoms with Gasteiger partial charge in [0.15, 0.2) is 6.29 Å². The molecular formula is C55H95NO10. The number of aliphatic hydroxyl groups is 5. The molecule has 0 aromatic carbocycles. The third-order valence-corrected chi connectivity index (χ3v) is 11.8. The van der Waals surface area contributed by atoms with Gasteiger partial charge in [-0.3, -0.25) is 9.59 Å². The summed E-state index contributed by atoms with van der Waals surface area (Å²) >= 11 is 0. The van der Waals surface area contributed by atoms with Crippen molar-refractivity contribution < 1.29 is 49.3 Å². The van der Waals surface area contributed by atoms with E-state index in [1.165, 1.54) is 83.5 Å². The molecule has 1 amide bonds. The number of nitrogens with one attached hydrogen (secondary N) is 1. The van der Waals surface area contributed by atoms with Gasteiger partial charge in [-0.25, -0.2) is 0 Å². The summed E-state index contributed by atoms with van der Waals surface area (Å²) in [4.78, 5) is 25.0. The molecule has 11 nitrogen and oxygen atoms in total. The van der Waals surface area contributed by atoms with E-state index in [1.54, 1.807) is 6.08 Å². The van der Waals surface area contributed by atoms with E-state index in [1.807, 2.05) is 18.2 Å². The fourth-order valence-electron chi connectivity index (χ4n) is 7.57. The second-order valence-electron chi connectivity index (χ2n) is 17.8. The summed E-state index contributed by atoms with van der Waals surface area (Å²) in [6.45, 7) is 4.07. The molecule has 0 bridgehead atoms. The van der Waals surface area contributed by atoms with Gasteiger partial charge in [0.05, 0.1) is 32.0 Å². The van der Waals surface area contributed by atoms with E-state index in [0.717, 1.165) is 77.0 Å². The van der Waals surface area contributed by atoms with Crippen molar-refractivity contribution in [3.05, 3.63) is 72.9 Å². The molecule has 1 heterocycles. The Morgan fingerprint density at radius 3 is 1.70 bits per heavy atom. The molecule has 7 unspecified atom stereocenters. The summed E-state index contributed by atoms with van der Waals surface area (Å²) in [6.07, 6.45) is 47.3. The van der Waals surface area contributed by atoms with Gasteiger partial charge in [0, 0.05) is 12.8 Å². The minimum absolute atomic E-state index is 0.0507. The maximum atomic E-state index is 12.9. The Bertz CT molecular complexity index is 1330. The van der Waals surface area contributed by atoms with Crippen LogP contribution in [-0.2, 0) is 23.8 Å². The maximum Gasteiger partial charge on any atom is 0.305 e. The summed E-state index contributed by atoms with van der Waals surface area (Å²) in [6, 6.07) is -0.879. The molecule has 0 saturated carbocycles. The minimum atomic E-state index is -1.60. The lowest BCUT2D eigenvalue weighted by Gasteiger charge is -2.40. The monoisotopic (exact) mass is 930 g/mol. The third-order valence-electron chi connectivity index (χ3n) is 11.8. The van der Waals surface area contributed by atoms with Gasteiger partial charge in [-0.2, -0.15) is 0 Å². The lowest BCUT2D eigenvalue weighted by molar-refractivity contribution is -0.302. The summed E-state index contributed by atoms with van der Waals surface area (Å²) in [5.74, 6) is -0.333. The van der Waals surface area contributed by atoms with Crippen molar-refractivity contribution in [2.45, 2.75) is 243 Å². The zero-order valence-corrected chi connectivity index (χ0v) is 41.4. The number of unbranched alkanes of at least 4 members (excludes halogenated alkanes) is 19. The largest absolute Gasteiger partial charge is 0.466 e. The van der Waals surface area contributed by atoms with Crippen LogP contribution in [0.15, 0.2) is 72.9 Å². The summed E-state index contributed by atoms with van der Waals surface area (Å²) in [7, 11) is 0. The first-order chi connectivity index (χ1) is 32.2. The molecule has 0 aliphatic carbocycles. The van der Waals surface area contributed by atoms with Gasteiger partial charge in [-0.1, -0.05) is 164 Å². The second kappa shape index (κ2) is 44.6. The lowest BCUT2D eigenvalue weighted by atomic mass is 9.99. The normalized spacial score (nSPS) is 20.3. The number of amides is 1. The van der Waals surface area contributed by atoms with Crippen LogP contribution in [0, 0.1) is 0 Å². The van der Waals surface area contributed by atoms with E-state index in [9.17, 15) is 35.1 Å². The van der Waals surface area contributed by atoms with Crippen LogP contribution in [0.1, 0.15) is 200 Å². The highest BCUT2D eigenvalue weighted by Crippen LogP contribution is 2.22. The van der Waals surface area contributed by atoms with Crippen LogP contribution in [0.5, 0.6) is 0 Å². The molecule has 1 aliphatic heterocycles. The second-order valence-corrected chi connectivity index (χ2v) is 17.8. The van der Waals surface area contributed by atoms with Gasteiger partial charge in [0.25, 0.3) is 0 Å². The number of esters is 1. The molecule has 0 aromatic rings. The Hall–Kier alpha value is -2.90. The molecule has 0 aromatic heterocycles. The predicted octanol–water partition coefficient (Wildman–Crippen LogP) is 10.9. The van der Waals surface area contributed by atoms with Gasteiger partial charge in [0.1, 0.15) is 24.4 Å². The smallest absolute Gasteiger partial charge is 0.305 e. The number of rotatable bonds is 43. The van der Waals surface area contributed by atoms with Crippen LogP contribution in [0.25, 0.3) is 0 Å². The van der Waals surface area contributed by atoms with Crippen LogP contribution in [0.2, 0.25) is 0 Å². The molecule has 66 heavy (non-hydrogen) atoms. The zero-order valence-electron chi connectivity index (χ0n) is 41.4. The van der Waals surface area contributed by atoms with Crippen molar-refractivity contribution in [1.82, 2.24) is 5.32 Å². The summed E-state index contributed by atoms with van der Waals surface area (Å²) in [5, 5.41) is 54.0. The molecule has 1 saturated heterocycles. The zero-order chi connectivity index (χ0) is 48.1. The number of hydrogen-bond acceptors (Lipinski definition) is 10. The molecule has 0 radical (unpaired) electrons. The Morgan fingerprint density at radius 2 is 1.09 bits per heavy atom. The van der Waals surface area contributed by atoms with Gasteiger partial charge in [0.2, 0.25) is 5.91 Å². The van der Waals surface area contributed by atoms with Crippen LogP contribution >= 0.6 is 0 Å². The molecule has 1 fully saturated rings. The topological polar surface area (TPSA) is 175 Å². The van der Waals surface area contributed by atoms with Crippen LogP contribution < -0.4 is 5.32 Å². The Labute approximate surface area is 400 Å². The molecule has 1 rings (SSSR count). The number of aliphatic hydroxyl groups excluding tert-OH is 5. The lowest BCUT2D eigenvalue weighted by Crippen LogP contribution is -2.60. The SMILES string of the molecule is CC/C=C/CC/C=C/CC/C=C/C(O)C(COC1OC(CO)C(O)C(O)C1O)NC(=O)CC/C=C\C/C=C\CCCCCCCCOC(=O)CCCCCCC/C=C\CCCCCCCC. The first-order valence-corrected chi connectivity index (χ1v) is 26.2. The van der Waals surface area contributed by atoms with Crippen LogP contribution in [-0.4, -0.2) is 100 Å². The van der Waals surface area contributed by atoms with Crippen molar-refractivity contribution in [3.8, 4) is 0 Å². The Kier molecular flexibility index (Phi) is 41.3. The highest BCUT2D eigenvalue weighted by molar-refractivity contribution is 5.76. The molecule has 0 spiro atoms. The Balaban J connectivity index is 2.19. The average Bonchev–Trinajstić information content (AvgIpc) is 3.31. The van der Waals surface area contributed by atoms with E-state index in [4.69, 9.17) is 14.2 Å². The Morgan fingerprint density at radius 1 is 0.576 bits per heavy atom. The highest BCUT2D eigenvalue weighted by Gasteiger charge is 2.44. The van der Waals surface area contributed by atoms with Gasteiger partial charge >= 0.3 is 5.97 Å². The number of hydrogen-bond donors (Lipinski definition) is 6. The maximum absolute atomic E-state index is 12.9. The first kappa shape index (κ1) is 61.1. The fraction of sp³-hybridized carbons (Fsp3) is 0.745. The van der Waals surface area contributed by atoms with Crippen molar-refractivity contribution >= 4 is 11.9 Å². The van der Waals surface area contributed by atoms with Crippen molar-refractivity contribution in [2.24, 2.45) is 0 Å². The molecule has 6 N–H and O–H groups in total. The van der Waals surface area contributed by atoms with E-state index in [-0.39, 0.29) is 24.9 Å². The molecule has 7 atom stereocenters. The van der Waals surface area contributed by atoms with E-state index in [2.05, 4.69) is 67.8 Å². The van der Waals surface area contributed by atoms with Crippen molar-refractivity contribution in [2.75, 3.05) is 19.8 Å². The highest BCUT2D eigenvalue weighted by atomic mass is 16.7. The van der Waals surface area contributed by atoms with Gasteiger partial charge in [-0.05, 0) is 96.3 Å². The minimum Gasteiger partial charge on any atom is -0.466 e. The van der Waals surface area contributed by atoms with Crippen molar-refractivity contribution in [1.29, 1.82) is 0 Å². The number of carbonyl (C=O) groups excluding carboxylic acids is 2. The van der Waals surface area contributed by atoms with E-state index in [0.29, 0.717) is 25.9 Å². The predicted molar refractivity (Wildman–Crippen MR) is 269 cm³/mol. The third kappa shape index (κ3) is 34.4. The summed E-state index contributed by atoms with van der Waals surface area (Å²) < 4.78 is 16.6. The quantitative estimate of drug-likeness (QED) is 0.0196. The van der Waals surface area contributed by atoms with E-state index < -0.39 is 49.5 Å². The number of carbonyl (C=O) groups is 2. The number of allylic oxidation sites excluding steroid dienone is 11. The molecule has 1 aliphatic rings. The van der Waals surface area contributed by atoms with Gasteiger partial charge < -0.3 is 45.1 Å². The fourth-order valence-corrected chi connectivity index (χ4v) is 7.57.